The Bertz CT molecular complexity index is 293. The highest BCUT2D eigenvalue weighted by Crippen LogP contribution is 2.42. The monoisotopic (exact) mass is 232 g/mol. The zero-order chi connectivity index (χ0) is 10.8. The Kier molecular flexibility index (Phi) is 3.37. The van der Waals surface area contributed by atoms with Crippen LogP contribution in [0.1, 0.15) is 0 Å². The number of hydrogen-bond donors (Lipinski definition) is 0. The van der Waals surface area contributed by atoms with Gasteiger partial charge in [0.15, 0.2) is 0 Å². The molecule has 0 aliphatic carbocycles. The van der Waals surface area contributed by atoms with Gasteiger partial charge in [-0.15, -0.1) is 0 Å². The van der Waals surface area contributed by atoms with Gasteiger partial charge in [0.05, 0.1) is 0 Å². The number of halogens is 2. The van der Waals surface area contributed by atoms with Crippen LogP contribution in [0.4, 0.5) is 8.78 Å². The Morgan fingerprint density at radius 2 is 1.57 bits per heavy atom. The maximum Gasteiger partial charge on any atom is 0.276 e. The topological polar surface area (TPSA) is 0 Å². The van der Waals surface area contributed by atoms with E-state index in [4.69, 9.17) is 0 Å². The average Bonchev–Trinajstić information content (AvgIpc) is 2.03. The lowest BCUT2D eigenvalue weighted by Gasteiger charge is -2.27. The van der Waals surface area contributed by atoms with Crippen LogP contribution in [0, 0.1) is 0 Å². The van der Waals surface area contributed by atoms with Gasteiger partial charge in [0.2, 0.25) is 0 Å². The summed E-state index contributed by atoms with van der Waals surface area (Å²) in [7, 11) is -2.44. The highest BCUT2D eigenvalue weighted by Gasteiger charge is 2.45. The Balaban J connectivity index is 2.79. The molecule has 0 saturated carbocycles. The van der Waals surface area contributed by atoms with Gasteiger partial charge in [0.25, 0.3) is 4.88 Å². The van der Waals surface area contributed by atoms with Crippen molar-refractivity contribution in [2.45, 2.75) is 29.4 Å². The predicted molar refractivity (Wildman–Crippen MR) is 60.6 cm³/mol. The summed E-state index contributed by atoms with van der Waals surface area (Å²) in [6.07, 6.45) is 0. The molecule has 0 aromatic heterocycles. The maximum atomic E-state index is 13.6. The highest BCUT2D eigenvalue weighted by atomic mass is 32.2. The molecule has 0 atom stereocenters. The van der Waals surface area contributed by atoms with Gasteiger partial charge in [0, 0.05) is 4.90 Å². The molecule has 78 valence electrons. The van der Waals surface area contributed by atoms with Crippen LogP contribution in [-0.2, 0) is 0 Å². The third-order valence-corrected chi connectivity index (χ3v) is 6.52. The van der Waals surface area contributed by atoms with Crippen LogP contribution >= 0.6 is 11.8 Å². The fourth-order valence-corrected chi connectivity index (χ4v) is 2.96. The Morgan fingerprint density at radius 1 is 1.07 bits per heavy atom. The van der Waals surface area contributed by atoms with Gasteiger partial charge in [-0.1, -0.05) is 49.6 Å². The molecule has 0 nitrogen and oxygen atoms in total. The molecular formula is C10H14F2SSi. The van der Waals surface area contributed by atoms with Gasteiger partial charge < -0.3 is 0 Å². The number of hydrogen-bond acceptors (Lipinski definition) is 1. The summed E-state index contributed by atoms with van der Waals surface area (Å²) in [5.41, 5.74) is 0. The van der Waals surface area contributed by atoms with Crippen molar-refractivity contribution < 1.29 is 8.78 Å². The first kappa shape index (κ1) is 11.7. The van der Waals surface area contributed by atoms with Crippen LogP contribution < -0.4 is 0 Å². The van der Waals surface area contributed by atoms with Crippen LogP contribution in [-0.4, -0.2) is 13.0 Å². The zero-order valence-corrected chi connectivity index (χ0v) is 10.4. The fraction of sp³-hybridized carbons (Fsp3) is 0.400. The summed E-state index contributed by atoms with van der Waals surface area (Å²) in [5.74, 6) is 0. The smallest absolute Gasteiger partial charge is 0.199 e. The summed E-state index contributed by atoms with van der Waals surface area (Å²) in [5, 5.41) is 0. The van der Waals surface area contributed by atoms with Crippen LogP contribution in [0.3, 0.4) is 0 Å². The molecule has 0 bridgehead atoms. The van der Waals surface area contributed by atoms with Crippen molar-refractivity contribution in [1.29, 1.82) is 0 Å². The molecule has 4 heteroatoms. The van der Waals surface area contributed by atoms with Crippen molar-refractivity contribution in [3.05, 3.63) is 30.3 Å². The van der Waals surface area contributed by atoms with E-state index >= 15 is 0 Å². The van der Waals surface area contributed by atoms with Crippen LogP contribution in [0.5, 0.6) is 0 Å². The Hall–Kier alpha value is -0.353. The van der Waals surface area contributed by atoms with E-state index in [1.807, 2.05) is 6.07 Å². The molecule has 0 N–H and O–H groups in total. The van der Waals surface area contributed by atoms with Gasteiger partial charge >= 0.3 is 0 Å². The second kappa shape index (κ2) is 4.02. The molecule has 0 aliphatic heterocycles. The van der Waals surface area contributed by atoms with E-state index in [2.05, 4.69) is 0 Å². The molecule has 14 heavy (non-hydrogen) atoms. The molecule has 0 spiro atoms. The van der Waals surface area contributed by atoms with Crippen molar-refractivity contribution in [2.24, 2.45) is 0 Å². The molecule has 0 aliphatic rings. The number of alkyl halides is 2. The Morgan fingerprint density at radius 3 is 2.00 bits per heavy atom. The Labute approximate surface area is 88.7 Å². The second-order valence-electron chi connectivity index (χ2n) is 4.18. The van der Waals surface area contributed by atoms with Crippen LogP contribution in [0.25, 0.3) is 0 Å². The largest absolute Gasteiger partial charge is 0.276 e. The third kappa shape index (κ3) is 2.82. The quantitative estimate of drug-likeness (QED) is 0.554. The van der Waals surface area contributed by atoms with E-state index in [0.29, 0.717) is 16.7 Å². The molecule has 0 unspecified atom stereocenters. The first-order chi connectivity index (χ1) is 6.33. The second-order valence-corrected chi connectivity index (χ2v) is 10.9. The minimum atomic E-state index is -2.60. The van der Waals surface area contributed by atoms with Gasteiger partial charge in [-0.05, 0) is 12.1 Å². The highest BCUT2D eigenvalue weighted by molar-refractivity contribution is 8.02. The summed E-state index contributed by atoms with van der Waals surface area (Å²) in [6.45, 7) is 5.05. The van der Waals surface area contributed by atoms with Gasteiger partial charge in [-0.25, -0.2) is 0 Å². The molecule has 1 aromatic rings. The van der Waals surface area contributed by atoms with Crippen LogP contribution in [0.15, 0.2) is 35.2 Å². The lowest BCUT2D eigenvalue weighted by atomic mass is 10.4. The first-order valence-electron chi connectivity index (χ1n) is 4.45. The van der Waals surface area contributed by atoms with Gasteiger partial charge in [-0.3, -0.25) is 0 Å². The molecule has 0 amide bonds. The molecule has 0 radical (unpaired) electrons. The van der Waals surface area contributed by atoms with Gasteiger partial charge in [0.1, 0.15) is 8.07 Å². The van der Waals surface area contributed by atoms with Crippen molar-refractivity contribution in [1.82, 2.24) is 0 Å². The average molecular weight is 232 g/mol. The molecule has 1 rings (SSSR count). The van der Waals surface area contributed by atoms with Crippen molar-refractivity contribution in [3.63, 3.8) is 0 Å². The van der Waals surface area contributed by atoms with E-state index < -0.39 is 13.0 Å². The van der Waals surface area contributed by atoms with E-state index in [-0.39, 0.29) is 0 Å². The van der Waals surface area contributed by atoms with Gasteiger partial charge in [-0.2, -0.15) is 8.78 Å². The molecule has 0 fully saturated rings. The zero-order valence-electron chi connectivity index (χ0n) is 8.55. The van der Waals surface area contributed by atoms with E-state index in [9.17, 15) is 8.78 Å². The fourth-order valence-electron chi connectivity index (χ4n) is 0.790. The molecule has 0 saturated heterocycles. The molecule has 1 aromatic carbocycles. The molecular weight excluding hydrogens is 218 g/mol. The SMILES string of the molecule is C[Si](C)(C)C(F)(F)Sc1ccccc1. The first-order valence-corrected chi connectivity index (χ1v) is 8.76. The van der Waals surface area contributed by atoms with Crippen molar-refractivity contribution >= 4 is 19.8 Å². The molecule has 0 heterocycles. The summed E-state index contributed by atoms with van der Waals surface area (Å²) in [4.78, 5) is -1.96. The van der Waals surface area contributed by atoms with E-state index in [0.717, 1.165) is 0 Å². The van der Waals surface area contributed by atoms with Crippen LogP contribution in [0.2, 0.25) is 19.6 Å². The minimum absolute atomic E-state index is 0.639. The van der Waals surface area contributed by atoms with E-state index in [1.165, 1.54) is 0 Å². The summed E-state index contributed by atoms with van der Waals surface area (Å²) < 4.78 is 27.3. The number of thioether (sulfide) groups is 1. The number of rotatable bonds is 3. The standard InChI is InChI=1S/C10H14F2SSi/c1-14(2,3)10(11,12)13-9-7-5-4-6-8-9/h4-8H,1-3H3. The third-order valence-electron chi connectivity index (χ3n) is 1.86. The normalized spacial score (nSPS) is 12.9. The lowest BCUT2D eigenvalue weighted by molar-refractivity contribution is 0.188. The van der Waals surface area contributed by atoms with Crippen molar-refractivity contribution in [3.8, 4) is 0 Å². The summed E-state index contributed by atoms with van der Waals surface area (Å²) in [6, 6.07) is 8.83. The lowest BCUT2D eigenvalue weighted by Crippen LogP contribution is -2.42. The van der Waals surface area contributed by atoms with E-state index in [1.54, 1.807) is 43.9 Å². The predicted octanol–water partition coefficient (Wildman–Crippen LogP) is 4.25. The van der Waals surface area contributed by atoms with Crippen molar-refractivity contribution in [2.75, 3.05) is 0 Å². The number of benzene rings is 1. The summed E-state index contributed by atoms with van der Waals surface area (Å²) >= 11 is 0.681. The minimum Gasteiger partial charge on any atom is -0.199 e. The maximum absolute atomic E-state index is 13.6.